The molecule has 0 bridgehead atoms. The van der Waals surface area contributed by atoms with E-state index >= 15 is 0 Å². The fourth-order valence-electron chi connectivity index (χ4n) is 4.25. The zero-order valence-electron chi connectivity index (χ0n) is 15.5. The first-order chi connectivity index (χ1) is 12.1. The maximum absolute atomic E-state index is 13.2. The van der Waals surface area contributed by atoms with Crippen molar-refractivity contribution in [2.24, 2.45) is 11.3 Å². The van der Waals surface area contributed by atoms with E-state index < -0.39 is 17.7 Å². The Balaban J connectivity index is 1.90. The Bertz CT molecular complexity index is 704. The second-order valence-electron chi connectivity index (χ2n) is 8.44. The second-order valence-corrected chi connectivity index (χ2v) is 9.35. The molecule has 0 radical (unpaired) electrons. The van der Waals surface area contributed by atoms with Gasteiger partial charge in [-0.25, -0.2) is 4.79 Å². The monoisotopic (exact) mass is 423 g/mol. The Morgan fingerprint density at radius 1 is 1.27 bits per heavy atom. The number of hydrogen-bond donors (Lipinski definition) is 1. The molecule has 3 rings (SSSR count). The van der Waals surface area contributed by atoms with Crippen LogP contribution in [0.3, 0.4) is 0 Å². The molecule has 6 heteroatoms. The number of halogens is 1. The number of carbonyl (C=O) groups is 2. The van der Waals surface area contributed by atoms with Gasteiger partial charge >= 0.3 is 5.97 Å². The normalized spacial score (nSPS) is 29.2. The molecule has 5 nitrogen and oxygen atoms in total. The molecule has 1 N–H and O–H groups in total. The minimum absolute atomic E-state index is 0.0509. The van der Waals surface area contributed by atoms with Gasteiger partial charge in [-0.1, -0.05) is 42.8 Å². The smallest absolute Gasteiger partial charge is 0.328 e. The van der Waals surface area contributed by atoms with Crippen molar-refractivity contribution >= 4 is 27.8 Å². The lowest BCUT2D eigenvalue weighted by Crippen LogP contribution is -2.55. The van der Waals surface area contributed by atoms with Gasteiger partial charge < -0.3 is 9.84 Å². The van der Waals surface area contributed by atoms with Crippen molar-refractivity contribution in [2.75, 3.05) is 6.61 Å². The standard InChI is InChI=1S/C20H26BrNO4/c1-19(2,3)14-7-9-20(10-8-14)22(16(12-26-20)18(24)25)17(23)13-5-4-6-15(21)11-13/h4-6,11,14,16H,7-10,12H2,1-3H3,(H,24,25)/t14?,16-,20?/m0/s1. The zero-order valence-corrected chi connectivity index (χ0v) is 17.1. The average molecular weight is 424 g/mol. The van der Waals surface area contributed by atoms with E-state index in [1.165, 1.54) is 4.90 Å². The van der Waals surface area contributed by atoms with Gasteiger partial charge in [0.2, 0.25) is 0 Å². The van der Waals surface area contributed by atoms with E-state index in [9.17, 15) is 14.7 Å². The van der Waals surface area contributed by atoms with Crippen molar-refractivity contribution in [1.82, 2.24) is 4.90 Å². The van der Waals surface area contributed by atoms with Gasteiger partial charge in [-0.3, -0.25) is 9.69 Å². The summed E-state index contributed by atoms with van der Waals surface area (Å²) in [6.07, 6.45) is 3.22. The molecule has 26 heavy (non-hydrogen) atoms. The van der Waals surface area contributed by atoms with Crippen LogP contribution >= 0.6 is 15.9 Å². The van der Waals surface area contributed by atoms with Gasteiger partial charge in [0, 0.05) is 10.0 Å². The van der Waals surface area contributed by atoms with Crippen molar-refractivity contribution in [2.45, 2.75) is 58.2 Å². The first kappa shape index (κ1) is 19.4. The summed E-state index contributed by atoms with van der Waals surface area (Å²) in [5.74, 6) is -0.739. The summed E-state index contributed by atoms with van der Waals surface area (Å²) in [5.41, 5.74) is -0.121. The molecule has 1 aromatic rings. The molecular formula is C20H26BrNO4. The molecule has 1 saturated heterocycles. The Morgan fingerprint density at radius 3 is 2.46 bits per heavy atom. The lowest BCUT2D eigenvalue weighted by molar-refractivity contribution is -0.144. The van der Waals surface area contributed by atoms with E-state index in [2.05, 4.69) is 36.7 Å². The SMILES string of the molecule is CC(C)(C)C1CCC2(CC1)OC[C@@H](C(=O)O)N2C(=O)c1cccc(Br)c1. The van der Waals surface area contributed by atoms with Gasteiger partial charge in [0.25, 0.3) is 5.91 Å². The minimum Gasteiger partial charge on any atom is -0.480 e. The Kier molecular flexibility index (Phi) is 5.19. The lowest BCUT2D eigenvalue weighted by Gasteiger charge is -2.46. The molecule has 1 aromatic carbocycles. The Hall–Kier alpha value is -1.40. The first-order valence-electron chi connectivity index (χ1n) is 9.10. The van der Waals surface area contributed by atoms with Gasteiger partial charge in [0.05, 0.1) is 6.61 Å². The largest absolute Gasteiger partial charge is 0.480 e. The van der Waals surface area contributed by atoms with Crippen LogP contribution in [0, 0.1) is 11.3 Å². The zero-order chi connectivity index (χ0) is 19.1. The highest BCUT2D eigenvalue weighted by molar-refractivity contribution is 9.10. The highest BCUT2D eigenvalue weighted by Crippen LogP contribution is 2.47. The Morgan fingerprint density at radius 2 is 1.92 bits per heavy atom. The summed E-state index contributed by atoms with van der Waals surface area (Å²) in [6, 6.07) is 6.14. The van der Waals surface area contributed by atoms with E-state index in [4.69, 9.17) is 4.74 Å². The molecule has 2 aliphatic rings. The number of amides is 1. The molecule has 142 valence electrons. The summed E-state index contributed by atoms with van der Waals surface area (Å²) in [6.45, 7) is 6.75. The van der Waals surface area contributed by atoms with Crippen molar-refractivity contribution < 1.29 is 19.4 Å². The number of hydrogen-bond acceptors (Lipinski definition) is 3. The quantitative estimate of drug-likeness (QED) is 0.769. The number of carboxylic acids is 1. The highest BCUT2D eigenvalue weighted by atomic mass is 79.9. The third-order valence-corrected chi connectivity index (χ3v) is 6.32. The molecule has 1 saturated carbocycles. The van der Waals surface area contributed by atoms with Crippen LogP contribution in [0.5, 0.6) is 0 Å². The van der Waals surface area contributed by atoms with Crippen LogP contribution in [-0.4, -0.2) is 40.3 Å². The van der Waals surface area contributed by atoms with Gasteiger partial charge in [-0.05, 0) is 55.2 Å². The predicted molar refractivity (Wildman–Crippen MR) is 102 cm³/mol. The molecular weight excluding hydrogens is 398 g/mol. The molecule has 1 aliphatic heterocycles. The van der Waals surface area contributed by atoms with Gasteiger partial charge in [-0.2, -0.15) is 0 Å². The topological polar surface area (TPSA) is 66.8 Å². The van der Waals surface area contributed by atoms with Crippen molar-refractivity contribution in [3.05, 3.63) is 34.3 Å². The number of ether oxygens (including phenoxy) is 1. The van der Waals surface area contributed by atoms with E-state index in [0.29, 0.717) is 24.3 Å². The molecule has 0 unspecified atom stereocenters. The molecule has 0 aromatic heterocycles. The van der Waals surface area contributed by atoms with E-state index in [1.54, 1.807) is 18.2 Å². The van der Waals surface area contributed by atoms with Crippen molar-refractivity contribution in [1.29, 1.82) is 0 Å². The van der Waals surface area contributed by atoms with Crippen LogP contribution in [0.4, 0.5) is 0 Å². The summed E-state index contributed by atoms with van der Waals surface area (Å²) in [4.78, 5) is 26.5. The number of carboxylic acid groups (broad SMARTS) is 1. The maximum atomic E-state index is 13.2. The third kappa shape index (κ3) is 3.54. The maximum Gasteiger partial charge on any atom is 0.328 e. The molecule has 1 aliphatic carbocycles. The number of carbonyl (C=O) groups excluding carboxylic acids is 1. The molecule has 2 fully saturated rings. The van der Waals surface area contributed by atoms with E-state index in [0.717, 1.165) is 17.3 Å². The average Bonchev–Trinajstić information content (AvgIpc) is 2.92. The summed E-state index contributed by atoms with van der Waals surface area (Å²) < 4.78 is 6.81. The summed E-state index contributed by atoms with van der Waals surface area (Å²) in [5, 5.41) is 9.65. The number of benzene rings is 1. The number of aliphatic carboxylic acids is 1. The lowest BCUT2D eigenvalue weighted by atomic mass is 9.70. The van der Waals surface area contributed by atoms with Crippen LogP contribution < -0.4 is 0 Å². The molecule has 1 amide bonds. The number of rotatable bonds is 2. The summed E-state index contributed by atoms with van der Waals surface area (Å²) >= 11 is 3.38. The third-order valence-electron chi connectivity index (χ3n) is 5.83. The van der Waals surface area contributed by atoms with Gasteiger partial charge in [0.15, 0.2) is 6.04 Å². The van der Waals surface area contributed by atoms with Crippen LogP contribution in [0.2, 0.25) is 0 Å². The van der Waals surface area contributed by atoms with Gasteiger partial charge in [0.1, 0.15) is 5.72 Å². The first-order valence-corrected chi connectivity index (χ1v) is 9.89. The minimum atomic E-state index is -1.01. The van der Waals surface area contributed by atoms with Crippen molar-refractivity contribution in [3.8, 4) is 0 Å². The van der Waals surface area contributed by atoms with Crippen LogP contribution in [0.1, 0.15) is 56.8 Å². The van der Waals surface area contributed by atoms with Crippen LogP contribution in [0.15, 0.2) is 28.7 Å². The molecule has 1 atom stereocenters. The highest BCUT2D eigenvalue weighted by Gasteiger charge is 2.54. The fraction of sp³-hybridized carbons (Fsp3) is 0.600. The number of nitrogens with zero attached hydrogens (tertiary/aromatic N) is 1. The van der Waals surface area contributed by atoms with E-state index in [1.807, 2.05) is 6.07 Å². The van der Waals surface area contributed by atoms with Crippen LogP contribution in [0.25, 0.3) is 0 Å². The van der Waals surface area contributed by atoms with Crippen LogP contribution in [-0.2, 0) is 9.53 Å². The Labute approximate surface area is 162 Å². The fourth-order valence-corrected chi connectivity index (χ4v) is 4.65. The molecule has 1 heterocycles. The predicted octanol–water partition coefficient (Wildman–Crippen LogP) is 4.31. The van der Waals surface area contributed by atoms with Crippen molar-refractivity contribution in [3.63, 3.8) is 0 Å². The summed E-state index contributed by atoms with van der Waals surface area (Å²) in [7, 11) is 0. The second kappa shape index (κ2) is 6.97. The van der Waals surface area contributed by atoms with E-state index in [-0.39, 0.29) is 17.9 Å². The molecule has 1 spiro atoms. The van der Waals surface area contributed by atoms with Gasteiger partial charge in [-0.15, -0.1) is 0 Å².